The third-order valence-corrected chi connectivity index (χ3v) is 3.14. The van der Waals surface area contributed by atoms with Crippen LogP contribution in [0.5, 0.6) is 0 Å². The zero-order valence-electron chi connectivity index (χ0n) is 9.88. The second kappa shape index (κ2) is 3.90. The van der Waals surface area contributed by atoms with Crippen LogP contribution in [0.3, 0.4) is 0 Å². The number of carbonyl (C=O) groups excluding carboxylic acids is 2. The van der Waals surface area contributed by atoms with Crippen LogP contribution in [-0.2, 0) is 9.59 Å². The van der Waals surface area contributed by atoms with Gasteiger partial charge in [-0.3, -0.25) is 19.9 Å². The number of piperidine rings is 1. The first kappa shape index (κ1) is 10.9. The fraction of sp³-hybridized carbons (Fsp3) is 0.333. The average Bonchev–Trinajstić information content (AvgIpc) is 2.72. The van der Waals surface area contributed by atoms with Crippen molar-refractivity contribution < 1.29 is 9.59 Å². The number of imide groups is 1. The van der Waals surface area contributed by atoms with Gasteiger partial charge in [-0.1, -0.05) is 0 Å². The van der Waals surface area contributed by atoms with Crippen LogP contribution in [0.4, 0.5) is 0 Å². The number of pyridine rings is 1. The Hall–Kier alpha value is -2.24. The van der Waals surface area contributed by atoms with Gasteiger partial charge in [0.2, 0.25) is 11.8 Å². The maximum atomic E-state index is 11.8. The highest BCUT2D eigenvalue weighted by atomic mass is 16.2. The third-order valence-electron chi connectivity index (χ3n) is 3.14. The lowest BCUT2D eigenvalue weighted by atomic mass is 10.1. The summed E-state index contributed by atoms with van der Waals surface area (Å²) in [5.74, 6) is -0.474. The number of amides is 2. The minimum atomic E-state index is -0.366. The molecule has 6 nitrogen and oxygen atoms in total. The number of rotatable bonds is 1. The van der Waals surface area contributed by atoms with Gasteiger partial charge in [0.05, 0.1) is 18.0 Å². The quantitative estimate of drug-likeness (QED) is 0.750. The number of fused-ring (bicyclic) bond motifs is 1. The minimum Gasteiger partial charge on any atom is -0.318 e. The van der Waals surface area contributed by atoms with E-state index in [1.54, 1.807) is 12.5 Å². The lowest BCUT2D eigenvalue weighted by Gasteiger charge is -2.22. The molecule has 3 heterocycles. The average molecular weight is 244 g/mol. The van der Waals surface area contributed by atoms with Gasteiger partial charge in [-0.25, -0.2) is 4.98 Å². The van der Waals surface area contributed by atoms with Crippen LogP contribution in [-0.4, -0.2) is 26.3 Å². The summed E-state index contributed by atoms with van der Waals surface area (Å²) in [5.41, 5.74) is 2.50. The Labute approximate surface area is 103 Å². The van der Waals surface area contributed by atoms with Gasteiger partial charge in [-0.2, -0.15) is 0 Å². The highest BCUT2D eigenvalue weighted by Crippen LogP contribution is 2.23. The number of hydrogen-bond donors (Lipinski definition) is 1. The molecular formula is C12H12N4O2. The molecule has 18 heavy (non-hydrogen) atoms. The number of aromatic nitrogens is 3. The normalized spacial score (nSPS) is 20.2. The van der Waals surface area contributed by atoms with E-state index in [9.17, 15) is 9.59 Å². The van der Waals surface area contributed by atoms with Crippen molar-refractivity contribution >= 4 is 22.8 Å². The fourth-order valence-corrected chi connectivity index (χ4v) is 2.23. The van der Waals surface area contributed by atoms with E-state index in [1.807, 2.05) is 17.6 Å². The predicted molar refractivity (Wildman–Crippen MR) is 63.7 cm³/mol. The summed E-state index contributed by atoms with van der Waals surface area (Å²) >= 11 is 0. The molecule has 0 bridgehead atoms. The van der Waals surface area contributed by atoms with Gasteiger partial charge in [-0.15, -0.1) is 0 Å². The van der Waals surface area contributed by atoms with E-state index >= 15 is 0 Å². The Morgan fingerprint density at radius 3 is 3.00 bits per heavy atom. The van der Waals surface area contributed by atoms with Crippen LogP contribution in [0.15, 0.2) is 18.6 Å². The lowest BCUT2D eigenvalue weighted by Crippen LogP contribution is -2.41. The first-order valence-corrected chi connectivity index (χ1v) is 5.78. The van der Waals surface area contributed by atoms with Crippen LogP contribution >= 0.6 is 0 Å². The molecule has 0 radical (unpaired) electrons. The van der Waals surface area contributed by atoms with Crippen molar-refractivity contribution in [2.75, 3.05) is 0 Å². The fourth-order valence-electron chi connectivity index (χ4n) is 2.23. The molecule has 1 N–H and O–H groups in total. The van der Waals surface area contributed by atoms with E-state index in [2.05, 4.69) is 15.3 Å². The topological polar surface area (TPSA) is 76.9 Å². The van der Waals surface area contributed by atoms with E-state index in [0.717, 1.165) is 16.7 Å². The van der Waals surface area contributed by atoms with Gasteiger partial charge in [0.25, 0.3) is 0 Å². The van der Waals surface area contributed by atoms with Gasteiger partial charge < -0.3 is 4.57 Å². The van der Waals surface area contributed by atoms with Gasteiger partial charge in [0.15, 0.2) is 0 Å². The molecule has 1 fully saturated rings. The number of aryl methyl sites for hydroxylation is 1. The van der Waals surface area contributed by atoms with Crippen molar-refractivity contribution in [2.24, 2.45) is 0 Å². The van der Waals surface area contributed by atoms with Crippen LogP contribution in [0.1, 0.15) is 24.6 Å². The zero-order chi connectivity index (χ0) is 12.7. The largest absolute Gasteiger partial charge is 0.318 e. The van der Waals surface area contributed by atoms with Crippen molar-refractivity contribution in [3.05, 3.63) is 24.3 Å². The third kappa shape index (κ3) is 1.66. The van der Waals surface area contributed by atoms with Crippen molar-refractivity contribution in [3.8, 4) is 0 Å². The molecule has 1 saturated heterocycles. The lowest BCUT2D eigenvalue weighted by molar-refractivity contribution is -0.135. The monoisotopic (exact) mass is 244 g/mol. The zero-order valence-corrected chi connectivity index (χ0v) is 9.88. The summed E-state index contributed by atoms with van der Waals surface area (Å²) < 4.78 is 1.81. The summed E-state index contributed by atoms with van der Waals surface area (Å²) in [7, 11) is 0. The van der Waals surface area contributed by atoms with Crippen molar-refractivity contribution in [1.82, 2.24) is 19.9 Å². The van der Waals surface area contributed by atoms with Crippen LogP contribution in [0, 0.1) is 6.92 Å². The Kier molecular flexibility index (Phi) is 2.36. The number of hydrogen-bond acceptors (Lipinski definition) is 4. The van der Waals surface area contributed by atoms with Crippen molar-refractivity contribution in [2.45, 2.75) is 25.8 Å². The summed E-state index contributed by atoms with van der Waals surface area (Å²) in [5, 5.41) is 2.35. The molecule has 2 aromatic heterocycles. The van der Waals surface area contributed by atoms with Gasteiger partial charge >= 0.3 is 0 Å². The Morgan fingerprint density at radius 1 is 1.39 bits per heavy atom. The van der Waals surface area contributed by atoms with E-state index in [0.29, 0.717) is 12.8 Å². The SMILES string of the molecule is Cc1cc2c(cn1)ncn2C1CCC(=O)NC1=O. The molecule has 2 aromatic rings. The van der Waals surface area contributed by atoms with E-state index in [-0.39, 0.29) is 17.9 Å². The first-order chi connectivity index (χ1) is 8.65. The molecule has 1 aliphatic heterocycles. The van der Waals surface area contributed by atoms with Crippen LogP contribution in [0.25, 0.3) is 11.0 Å². The molecule has 1 unspecified atom stereocenters. The van der Waals surface area contributed by atoms with Gasteiger partial charge in [0.1, 0.15) is 11.6 Å². The van der Waals surface area contributed by atoms with Crippen molar-refractivity contribution in [3.63, 3.8) is 0 Å². The van der Waals surface area contributed by atoms with Crippen molar-refractivity contribution in [1.29, 1.82) is 0 Å². The number of nitrogens with zero attached hydrogens (tertiary/aromatic N) is 3. The molecule has 0 aromatic carbocycles. The summed E-state index contributed by atoms with van der Waals surface area (Å²) in [6.07, 6.45) is 4.19. The molecule has 0 spiro atoms. The molecule has 2 amide bonds. The number of nitrogens with one attached hydrogen (secondary N) is 1. The van der Waals surface area contributed by atoms with Crippen LogP contribution in [0.2, 0.25) is 0 Å². The highest BCUT2D eigenvalue weighted by molar-refractivity contribution is 6.00. The Balaban J connectivity index is 2.06. The molecule has 0 saturated carbocycles. The first-order valence-electron chi connectivity index (χ1n) is 5.78. The number of carbonyl (C=O) groups is 2. The van der Waals surface area contributed by atoms with E-state index < -0.39 is 0 Å². The van der Waals surface area contributed by atoms with E-state index in [1.165, 1.54) is 0 Å². The number of imidazole rings is 1. The Morgan fingerprint density at radius 2 is 2.22 bits per heavy atom. The van der Waals surface area contributed by atoms with E-state index in [4.69, 9.17) is 0 Å². The molecule has 1 atom stereocenters. The minimum absolute atomic E-state index is 0.210. The Bertz CT molecular complexity index is 647. The second-order valence-corrected chi connectivity index (χ2v) is 4.43. The molecule has 92 valence electrons. The summed E-state index contributed by atoms with van der Waals surface area (Å²) in [6.45, 7) is 1.89. The maximum absolute atomic E-state index is 11.8. The van der Waals surface area contributed by atoms with Gasteiger partial charge in [-0.05, 0) is 19.4 Å². The maximum Gasteiger partial charge on any atom is 0.249 e. The molecular weight excluding hydrogens is 232 g/mol. The smallest absolute Gasteiger partial charge is 0.249 e. The second-order valence-electron chi connectivity index (χ2n) is 4.43. The van der Waals surface area contributed by atoms with Gasteiger partial charge in [0, 0.05) is 12.1 Å². The summed E-state index contributed by atoms with van der Waals surface area (Å²) in [4.78, 5) is 31.4. The van der Waals surface area contributed by atoms with Crippen LogP contribution < -0.4 is 5.32 Å². The molecule has 6 heteroatoms. The summed E-state index contributed by atoms with van der Waals surface area (Å²) in [6, 6.07) is 1.53. The molecule has 3 rings (SSSR count). The standard InChI is InChI=1S/C12H12N4O2/c1-7-4-10-8(5-13-7)14-6-16(10)9-2-3-11(17)15-12(9)18/h4-6,9H,2-3H2,1H3,(H,15,17,18). The highest BCUT2D eigenvalue weighted by Gasteiger charge is 2.28. The molecule has 1 aliphatic rings. The predicted octanol–water partition coefficient (Wildman–Crippen LogP) is 0.717. The molecule has 0 aliphatic carbocycles.